The van der Waals surface area contributed by atoms with E-state index in [1.165, 1.54) is 19.1 Å². The molecule has 4 rings (SSSR count). The summed E-state index contributed by atoms with van der Waals surface area (Å²) in [4.78, 5) is 26.3. The fraction of sp³-hybridized carbons (Fsp3) is 0.480. The van der Waals surface area contributed by atoms with E-state index in [1.54, 1.807) is 37.4 Å². The topological polar surface area (TPSA) is 83.7 Å². The highest BCUT2D eigenvalue weighted by atomic mass is 32.1. The van der Waals surface area contributed by atoms with E-state index < -0.39 is 0 Å². The van der Waals surface area contributed by atoms with Crippen LogP contribution in [0, 0.1) is 13.8 Å². The molecule has 1 aliphatic heterocycles. The summed E-state index contributed by atoms with van der Waals surface area (Å²) >= 11 is 5.94. The Morgan fingerprint density at radius 2 is 1.94 bits per heavy atom. The zero-order chi connectivity index (χ0) is 25.4. The molecule has 1 N–H and O–H groups in total. The van der Waals surface area contributed by atoms with Gasteiger partial charge in [-0.25, -0.2) is 9.97 Å². The number of carbonyl (C=O) groups is 1. The van der Waals surface area contributed by atoms with Gasteiger partial charge in [0.05, 0.1) is 25.9 Å². The quantitative estimate of drug-likeness (QED) is 0.431. The molecule has 0 bridgehead atoms. The summed E-state index contributed by atoms with van der Waals surface area (Å²) in [6.07, 6.45) is 3.97. The molecule has 0 saturated carbocycles. The van der Waals surface area contributed by atoms with Crippen molar-refractivity contribution in [3.05, 3.63) is 57.2 Å². The van der Waals surface area contributed by atoms with Crippen molar-refractivity contribution in [1.82, 2.24) is 25.1 Å². The van der Waals surface area contributed by atoms with Gasteiger partial charge in [-0.05, 0) is 70.1 Å². The fourth-order valence-corrected chi connectivity index (χ4v) is 4.78. The van der Waals surface area contributed by atoms with E-state index in [9.17, 15) is 4.79 Å². The van der Waals surface area contributed by atoms with E-state index in [-0.39, 0.29) is 5.91 Å². The van der Waals surface area contributed by atoms with Gasteiger partial charge in [0.15, 0.2) is 5.69 Å². The number of hydrogen-bond donors (Lipinski definition) is 2. The van der Waals surface area contributed by atoms with Gasteiger partial charge in [-0.3, -0.25) is 9.69 Å². The van der Waals surface area contributed by atoms with Gasteiger partial charge in [0, 0.05) is 23.9 Å². The summed E-state index contributed by atoms with van der Waals surface area (Å²) in [5.74, 6) is 1.26. The molecule has 0 aliphatic carbocycles. The van der Waals surface area contributed by atoms with Crippen LogP contribution >= 0.6 is 24.0 Å². The Bertz CT molecular complexity index is 1090. The van der Waals surface area contributed by atoms with E-state index >= 15 is 0 Å². The predicted molar refractivity (Wildman–Crippen MR) is 141 cm³/mol. The van der Waals surface area contributed by atoms with Crippen LogP contribution in [0.1, 0.15) is 51.0 Å². The standard InChI is InChI=1S/C16H23N5O2S.C9H12OS/c1-17-7-14-19-13(10-23-14)16(22)20(2)9-15-18-12(11-24-15)8-21-5-3-4-6-21;1-6-4-8(10-3)5-7(2)9(6)11/h10-11,17H,3-9H2,1-2H3;4-5,11H,1-3H3. The van der Waals surface area contributed by atoms with Crippen LogP contribution < -0.4 is 10.1 Å². The molecule has 1 amide bonds. The normalized spacial score (nSPS) is 13.4. The first-order valence-corrected chi connectivity index (χ1v) is 13.0. The molecule has 0 spiro atoms. The molecular weight excluding hydrogens is 482 g/mol. The molecule has 1 fully saturated rings. The molecule has 190 valence electrons. The number of thiazole rings is 1. The average molecular weight is 518 g/mol. The summed E-state index contributed by atoms with van der Waals surface area (Å²) < 4.78 is 10.4. The molecule has 1 saturated heterocycles. The largest absolute Gasteiger partial charge is 0.497 e. The maximum Gasteiger partial charge on any atom is 0.275 e. The maximum atomic E-state index is 12.4. The predicted octanol–water partition coefficient (Wildman–Crippen LogP) is 4.32. The SMILES string of the molecule is CNCc1nc(C(=O)N(C)Cc2nc(CN3CCCC3)cs2)co1.COc1cc(C)c(S)c(C)c1. The second-order valence-corrected chi connectivity index (χ2v) is 10.0. The van der Waals surface area contributed by atoms with E-state index in [0.29, 0.717) is 24.7 Å². The van der Waals surface area contributed by atoms with E-state index in [2.05, 4.69) is 38.2 Å². The molecule has 3 aromatic rings. The van der Waals surface area contributed by atoms with Crippen molar-refractivity contribution in [2.24, 2.45) is 0 Å². The number of ether oxygens (including phenoxy) is 1. The number of nitrogens with one attached hydrogen (secondary N) is 1. The van der Waals surface area contributed by atoms with Crippen molar-refractivity contribution in [2.45, 2.75) is 51.2 Å². The first-order valence-electron chi connectivity index (χ1n) is 11.6. The minimum atomic E-state index is -0.155. The number of aromatic nitrogens is 2. The van der Waals surface area contributed by atoms with Gasteiger partial charge < -0.3 is 19.4 Å². The molecule has 0 atom stereocenters. The van der Waals surface area contributed by atoms with Gasteiger partial charge >= 0.3 is 0 Å². The highest BCUT2D eigenvalue weighted by molar-refractivity contribution is 7.80. The monoisotopic (exact) mass is 517 g/mol. The Labute approximate surface area is 217 Å². The number of rotatable bonds is 8. The average Bonchev–Trinajstić information content (AvgIpc) is 3.61. The Morgan fingerprint density at radius 1 is 1.26 bits per heavy atom. The van der Waals surface area contributed by atoms with Gasteiger partial charge in [-0.1, -0.05) is 0 Å². The zero-order valence-corrected chi connectivity index (χ0v) is 22.8. The third-order valence-corrected chi connectivity index (χ3v) is 7.29. The van der Waals surface area contributed by atoms with Crippen LogP contribution in [-0.2, 0) is 19.6 Å². The van der Waals surface area contributed by atoms with Gasteiger partial charge in [0.1, 0.15) is 17.0 Å². The Hall–Kier alpha value is -2.40. The second kappa shape index (κ2) is 13.1. The van der Waals surface area contributed by atoms with Crippen molar-refractivity contribution in [2.75, 3.05) is 34.3 Å². The van der Waals surface area contributed by atoms with Gasteiger partial charge in [0.25, 0.3) is 5.91 Å². The highest BCUT2D eigenvalue weighted by Crippen LogP contribution is 2.24. The number of likely N-dealkylation sites (tertiary alicyclic amines) is 1. The third kappa shape index (κ3) is 7.79. The smallest absolute Gasteiger partial charge is 0.275 e. The number of thiol groups is 1. The summed E-state index contributed by atoms with van der Waals surface area (Å²) in [7, 11) is 5.24. The van der Waals surface area contributed by atoms with Crippen molar-refractivity contribution in [3.8, 4) is 5.75 Å². The third-order valence-electron chi connectivity index (χ3n) is 5.70. The highest BCUT2D eigenvalue weighted by Gasteiger charge is 2.19. The minimum Gasteiger partial charge on any atom is -0.497 e. The second-order valence-electron chi connectivity index (χ2n) is 8.64. The van der Waals surface area contributed by atoms with E-state index in [0.717, 1.165) is 52.1 Å². The van der Waals surface area contributed by atoms with Crippen LogP contribution in [0.15, 0.2) is 33.1 Å². The van der Waals surface area contributed by atoms with Crippen LogP contribution in [0.5, 0.6) is 5.75 Å². The molecular formula is C25H35N5O3S2. The molecule has 0 radical (unpaired) electrons. The Kier molecular flexibility index (Phi) is 10.1. The van der Waals surface area contributed by atoms with Crippen LogP contribution in [-0.4, -0.2) is 60.0 Å². The minimum absolute atomic E-state index is 0.155. The van der Waals surface area contributed by atoms with E-state index in [4.69, 9.17) is 9.15 Å². The number of hydrogen-bond acceptors (Lipinski definition) is 9. The number of benzene rings is 1. The summed E-state index contributed by atoms with van der Waals surface area (Å²) in [5.41, 5.74) is 3.74. The molecule has 8 nitrogen and oxygen atoms in total. The van der Waals surface area contributed by atoms with Crippen molar-refractivity contribution in [3.63, 3.8) is 0 Å². The summed E-state index contributed by atoms with van der Waals surface area (Å²) in [6.45, 7) is 8.26. The maximum absolute atomic E-state index is 12.4. The van der Waals surface area contributed by atoms with Gasteiger partial charge in [-0.2, -0.15) is 0 Å². The number of nitrogens with zero attached hydrogens (tertiary/aromatic N) is 4. The molecule has 0 unspecified atom stereocenters. The van der Waals surface area contributed by atoms with Crippen LogP contribution in [0.3, 0.4) is 0 Å². The fourth-order valence-electron chi connectivity index (χ4n) is 3.81. The molecule has 2 aromatic heterocycles. The zero-order valence-electron chi connectivity index (χ0n) is 21.1. The number of oxazole rings is 1. The lowest BCUT2D eigenvalue weighted by atomic mass is 10.1. The van der Waals surface area contributed by atoms with E-state index in [1.807, 2.05) is 26.0 Å². The van der Waals surface area contributed by atoms with Gasteiger partial charge in [-0.15, -0.1) is 24.0 Å². The number of amides is 1. The first kappa shape index (κ1) is 27.2. The van der Waals surface area contributed by atoms with Crippen molar-refractivity contribution < 1.29 is 13.9 Å². The first-order chi connectivity index (χ1) is 16.8. The van der Waals surface area contributed by atoms with Gasteiger partial charge in [0.2, 0.25) is 5.89 Å². The summed E-state index contributed by atoms with van der Waals surface area (Å²) in [6, 6.07) is 3.96. The lowest BCUT2D eigenvalue weighted by molar-refractivity contribution is 0.0779. The van der Waals surface area contributed by atoms with Crippen LogP contribution in [0.4, 0.5) is 0 Å². The Balaban J connectivity index is 0.000000261. The molecule has 35 heavy (non-hydrogen) atoms. The molecule has 1 aromatic carbocycles. The molecule has 3 heterocycles. The van der Waals surface area contributed by atoms with Crippen molar-refractivity contribution in [1.29, 1.82) is 0 Å². The molecule has 1 aliphatic rings. The number of methoxy groups -OCH3 is 1. The Morgan fingerprint density at radius 3 is 2.57 bits per heavy atom. The number of aryl methyl sites for hydroxylation is 2. The molecule has 10 heteroatoms. The number of carbonyl (C=O) groups excluding carboxylic acids is 1. The lowest BCUT2D eigenvalue weighted by Gasteiger charge is -2.14. The summed E-state index contributed by atoms with van der Waals surface area (Å²) in [5, 5.41) is 5.98. The van der Waals surface area contributed by atoms with Crippen LogP contribution in [0.2, 0.25) is 0 Å². The van der Waals surface area contributed by atoms with Crippen LogP contribution in [0.25, 0.3) is 0 Å². The lowest BCUT2D eigenvalue weighted by Crippen LogP contribution is -2.26. The van der Waals surface area contributed by atoms with Crippen molar-refractivity contribution >= 4 is 29.9 Å².